The Bertz CT molecular complexity index is 159. The molecular formula is C14H32N2. The summed E-state index contributed by atoms with van der Waals surface area (Å²) < 4.78 is 0. The third-order valence-corrected chi connectivity index (χ3v) is 3.69. The molecule has 0 bridgehead atoms. The molecule has 0 amide bonds. The lowest BCUT2D eigenvalue weighted by molar-refractivity contribution is 0.103. The van der Waals surface area contributed by atoms with Crippen LogP contribution in [0.3, 0.4) is 0 Å². The van der Waals surface area contributed by atoms with Crippen LogP contribution < -0.4 is 5.73 Å². The highest BCUT2D eigenvalue weighted by atomic mass is 15.2. The van der Waals surface area contributed by atoms with Gasteiger partial charge in [-0.1, -0.05) is 46.5 Å². The van der Waals surface area contributed by atoms with Crippen molar-refractivity contribution >= 4 is 0 Å². The molecule has 0 spiro atoms. The van der Waals surface area contributed by atoms with Crippen molar-refractivity contribution in [2.24, 2.45) is 5.73 Å². The van der Waals surface area contributed by atoms with Crippen molar-refractivity contribution in [3.8, 4) is 0 Å². The van der Waals surface area contributed by atoms with Gasteiger partial charge >= 0.3 is 0 Å². The Morgan fingerprint density at radius 3 is 2.06 bits per heavy atom. The highest BCUT2D eigenvalue weighted by Gasteiger charge is 2.28. The maximum absolute atomic E-state index is 6.00. The molecule has 0 aliphatic carbocycles. The fraction of sp³-hybridized carbons (Fsp3) is 1.00. The first kappa shape index (κ1) is 15.9. The topological polar surface area (TPSA) is 29.3 Å². The highest BCUT2D eigenvalue weighted by Crippen LogP contribution is 2.22. The van der Waals surface area contributed by atoms with Crippen LogP contribution in [0.2, 0.25) is 0 Å². The summed E-state index contributed by atoms with van der Waals surface area (Å²) in [6, 6.07) is 0. The van der Waals surface area contributed by atoms with Crippen LogP contribution in [0.1, 0.15) is 66.2 Å². The second-order valence-electron chi connectivity index (χ2n) is 5.09. The second-order valence-corrected chi connectivity index (χ2v) is 5.09. The molecule has 2 heteroatoms. The molecule has 0 rings (SSSR count). The molecule has 2 nitrogen and oxygen atoms in total. The summed E-state index contributed by atoms with van der Waals surface area (Å²) in [5.74, 6) is 0. The number of likely N-dealkylation sites (N-methyl/N-ethyl adjacent to an activating group) is 1. The molecule has 0 radical (unpaired) electrons. The largest absolute Gasteiger partial charge is 0.329 e. The zero-order chi connectivity index (χ0) is 12.4. The number of hydrogen-bond acceptors (Lipinski definition) is 2. The van der Waals surface area contributed by atoms with E-state index in [-0.39, 0.29) is 5.54 Å². The average molecular weight is 228 g/mol. The van der Waals surface area contributed by atoms with Gasteiger partial charge in [0.25, 0.3) is 0 Å². The summed E-state index contributed by atoms with van der Waals surface area (Å²) in [6.07, 6.45) is 7.74. The van der Waals surface area contributed by atoms with Gasteiger partial charge in [-0.2, -0.15) is 0 Å². The van der Waals surface area contributed by atoms with Crippen LogP contribution in [0.15, 0.2) is 0 Å². The van der Waals surface area contributed by atoms with Crippen molar-refractivity contribution < 1.29 is 0 Å². The molecule has 0 aliphatic rings. The molecule has 0 aromatic heterocycles. The molecule has 98 valence electrons. The summed E-state index contributed by atoms with van der Waals surface area (Å²) in [4.78, 5) is 2.58. The fourth-order valence-electron chi connectivity index (χ4n) is 2.30. The Hall–Kier alpha value is -0.0800. The standard InChI is InChI=1S/C14H32N2/c1-5-8-10-11-14(4,13-15)16(7-3)12-9-6-2/h5-13,15H2,1-4H3. The predicted octanol–water partition coefficient (Wildman–Crippen LogP) is 3.41. The quantitative estimate of drug-likeness (QED) is 0.581. The van der Waals surface area contributed by atoms with Gasteiger partial charge in [0.15, 0.2) is 0 Å². The van der Waals surface area contributed by atoms with Crippen LogP contribution in [0.4, 0.5) is 0 Å². The van der Waals surface area contributed by atoms with E-state index in [0.29, 0.717) is 0 Å². The molecule has 0 aromatic rings. The van der Waals surface area contributed by atoms with Gasteiger partial charge in [0.2, 0.25) is 0 Å². The summed E-state index contributed by atoms with van der Waals surface area (Å²) in [5, 5.41) is 0. The SMILES string of the molecule is CCCCCC(C)(CN)N(CC)CCCC. The van der Waals surface area contributed by atoms with Crippen molar-refractivity contribution in [3.05, 3.63) is 0 Å². The molecule has 1 atom stereocenters. The Labute approximate surface area is 103 Å². The normalized spacial score (nSPS) is 15.4. The van der Waals surface area contributed by atoms with E-state index >= 15 is 0 Å². The first-order chi connectivity index (χ1) is 7.64. The Morgan fingerprint density at radius 1 is 1.00 bits per heavy atom. The number of nitrogens with two attached hydrogens (primary N) is 1. The van der Waals surface area contributed by atoms with E-state index in [1.807, 2.05) is 0 Å². The monoisotopic (exact) mass is 228 g/mol. The van der Waals surface area contributed by atoms with Crippen molar-refractivity contribution in [2.45, 2.75) is 71.8 Å². The van der Waals surface area contributed by atoms with E-state index in [2.05, 4.69) is 32.6 Å². The van der Waals surface area contributed by atoms with Gasteiger partial charge in [-0.25, -0.2) is 0 Å². The molecule has 0 saturated carbocycles. The first-order valence-electron chi connectivity index (χ1n) is 7.09. The lowest BCUT2D eigenvalue weighted by Gasteiger charge is -2.40. The van der Waals surface area contributed by atoms with Gasteiger partial charge < -0.3 is 5.73 Å². The Morgan fingerprint density at radius 2 is 1.62 bits per heavy atom. The zero-order valence-corrected chi connectivity index (χ0v) is 11.9. The van der Waals surface area contributed by atoms with Crippen LogP contribution in [-0.2, 0) is 0 Å². The van der Waals surface area contributed by atoms with Crippen LogP contribution in [0, 0.1) is 0 Å². The molecule has 0 aromatic carbocycles. The number of unbranched alkanes of at least 4 members (excludes halogenated alkanes) is 3. The molecule has 16 heavy (non-hydrogen) atoms. The van der Waals surface area contributed by atoms with Crippen LogP contribution in [0.5, 0.6) is 0 Å². The van der Waals surface area contributed by atoms with Gasteiger partial charge in [-0.3, -0.25) is 4.90 Å². The third kappa shape index (κ3) is 5.31. The van der Waals surface area contributed by atoms with E-state index in [9.17, 15) is 0 Å². The number of rotatable bonds is 10. The van der Waals surface area contributed by atoms with Gasteiger partial charge in [0.05, 0.1) is 0 Å². The van der Waals surface area contributed by atoms with Gasteiger partial charge in [-0.15, -0.1) is 0 Å². The van der Waals surface area contributed by atoms with E-state index in [4.69, 9.17) is 5.73 Å². The lowest BCUT2D eigenvalue weighted by atomic mass is 9.92. The maximum Gasteiger partial charge on any atom is 0.0303 e. The second kappa shape index (κ2) is 9.00. The molecule has 0 saturated heterocycles. The Balaban J connectivity index is 4.24. The number of nitrogens with zero attached hydrogens (tertiary/aromatic N) is 1. The molecule has 0 fully saturated rings. The predicted molar refractivity (Wildman–Crippen MR) is 73.8 cm³/mol. The van der Waals surface area contributed by atoms with Crippen LogP contribution >= 0.6 is 0 Å². The third-order valence-electron chi connectivity index (χ3n) is 3.69. The molecule has 0 heterocycles. The first-order valence-corrected chi connectivity index (χ1v) is 7.09. The van der Waals surface area contributed by atoms with E-state index < -0.39 is 0 Å². The summed E-state index contributed by atoms with van der Waals surface area (Å²) in [6.45, 7) is 12.2. The zero-order valence-electron chi connectivity index (χ0n) is 11.9. The smallest absolute Gasteiger partial charge is 0.0303 e. The summed E-state index contributed by atoms with van der Waals surface area (Å²) in [7, 11) is 0. The maximum atomic E-state index is 6.00. The lowest BCUT2D eigenvalue weighted by Crippen LogP contribution is -2.51. The highest BCUT2D eigenvalue weighted by molar-refractivity contribution is 4.86. The average Bonchev–Trinajstić information content (AvgIpc) is 2.30. The minimum Gasteiger partial charge on any atom is -0.329 e. The molecule has 1 unspecified atom stereocenters. The van der Waals surface area contributed by atoms with Gasteiger partial charge in [0, 0.05) is 12.1 Å². The fourth-order valence-corrected chi connectivity index (χ4v) is 2.30. The number of hydrogen-bond donors (Lipinski definition) is 1. The Kier molecular flexibility index (Phi) is 8.96. The summed E-state index contributed by atoms with van der Waals surface area (Å²) in [5.41, 5.74) is 6.22. The van der Waals surface area contributed by atoms with Crippen molar-refractivity contribution in [1.82, 2.24) is 4.90 Å². The van der Waals surface area contributed by atoms with Crippen LogP contribution in [-0.4, -0.2) is 30.1 Å². The van der Waals surface area contributed by atoms with Gasteiger partial charge in [0.1, 0.15) is 0 Å². The summed E-state index contributed by atoms with van der Waals surface area (Å²) >= 11 is 0. The van der Waals surface area contributed by atoms with E-state index in [1.54, 1.807) is 0 Å². The van der Waals surface area contributed by atoms with E-state index in [1.165, 1.54) is 45.1 Å². The van der Waals surface area contributed by atoms with Crippen molar-refractivity contribution in [1.29, 1.82) is 0 Å². The van der Waals surface area contributed by atoms with Crippen LogP contribution in [0.25, 0.3) is 0 Å². The minimum atomic E-state index is 0.221. The molecular weight excluding hydrogens is 196 g/mol. The van der Waals surface area contributed by atoms with E-state index in [0.717, 1.165) is 13.1 Å². The molecule has 2 N–H and O–H groups in total. The van der Waals surface area contributed by atoms with Crippen molar-refractivity contribution in [3.63, 3.8) is 0 Å². The minimum absolute atomic E-state index is 0.221. The van der Waals surface area contributed by atoms with Crippen molar-refractivity contribution in [2.75, 3.05) is 19.6 Å². The van der Waals surface area contributed by atoms with Gasteiger partial charge in [-0.05, 0) is 32.9 Å². The molecule has 0 aliphatic heterocycles.